The van der Waals surface area contributed by atoms with Gasteiger partial charge in [-0.25, -0.2) is 0 Å². The molecule has 2 unspecified atom stereocenters. The Hall–Kier alpha value is -5.08. The molecule has 0 aromatic heterocycles. The number of carbonyl (C=O) groups excluding carboxylic acids is 2. The number of ketones is 2. The number of alkyl halides is 6. The van der Waals surface area contributed by atoms with Gasteiger partial charge in [-0.3, -0.25) is 9.59 Å². The number of ether oxygens (including phenoxy) is 6. The van der Waals surface area contributed by atoms with E-state index in [0.29, 0.717) is 22.3 Å². The van der Waals surface area contributed by atoms with E-state index in [1.807, 2.05) is 83.1 Å². The van der Waals surface area contributed by atoms with Gasteiger partial charge in [0.25, 0.3) is 0 Å². The zero-order valence-corrected chi connectivity index (χ0v) is 40.7. The predicted molar refractivity (Wildman–Crippen MR) is 241 cm³/mol. The van der Waals surface area contributed by atoms with Gasteiger partial charge in [-0.2, -0.15) is 26.3 Å². The van der Waals surface area contributed by atoms with E-state index in [2.05, 4.69) is 0 Å². The molecule has 8 nitrogen and oxygen atoms in total. The van der Waals surface area contributed by atoms with Crippen molar-refractivity contribution in [3.8, 4) is 23.0 Å². The quantitative estimate of drug-likeness (QED) is 0.161. The zero-order valence-electron chi connectivity index (χ0n) is 40.7. The van der Waals surface area contributed by atoms with E-state index < -0.39 is 71.0 Å². The highest BCUT2D eigenvalue weighted by atomic mass is 19.4. The Balaban J connectivity index is 2.21. The third-order valence-corrected chi connectivity index (χ3v) is 11.7. The molecular formula is C52H62F6O8. The van der Waals surface area contributed by atoms with Crippen LogP contribution in [-0.4, -0.2) is 65.6 Å². The maximum Gasteiger partial charge on any atom is 0.411 e. The topological polar surface area (TPSA) is 89.5 Å². The van der Waals surface area contributed by atoms with E-state index in [1.54, 1.807) is 48.5 Å². The van der Waals surface area contributed by atoms with Gasteiger partial charge < -0.3 is 28.4 Å². The fourth-order valence-electron chi connectivity index (χ4n) is 8.04. The first-order valence-electron chi connectivity index (χ1n) is 21.5. The number of fused-ring (bicyclic) bond motifs is 8. The molecule has 0 radical (unpaired) electrons. The lowest BCUT2D eigenvalue weighted by molar-refractivity contribution is -0.182. The first-order valence-corrected chi connectivity index (χ1v) is 21.5. The van der Waals surface area contributed by atoms with Crippen LogP contribution in [0.15, 0.2) is 48.5 Å². The lowest BCUT2D eigenvalue weighted by atomic mass is 9.78. The molecule has 66 heavy (non-hydrogen) atoms. The molecule has 4 aromatic carbocycles. The Morgan fingerprint density at radius 2 is 0.606 bits per heavy atom. The maximum atomic E-state index is 15.5. The molecule has 0 N–H and O–H groups in total. The van der Waals surface area contributed by atoms with Gasteiger partial charge in [0.2, 0.25) is 11.6 Å². The first kappa shape index (κ1) is 51.9. The minimum absolute atomic E-state index is 0.00970. The van der Waals surface area contributed by atoms with Crippen LogP contribution in [0, 0.1) is 0 Å². The number of carbonyl (C=O) groups is 2. The molecule has 0 saturated heterocycles. The van der Waals surface area contributed by atoms with Crippen molar-refractivity contribution < 1.29 is 64.4 Å². The van der Waals surface area contributed by atoms with Crippen molar-refractivity contribution in [1.29, 1.82) is 0 Å². The van der Waals surface area contributed by atoms with Crippen molar-refractivity contribution in [3.63, 3.8) is 0 Å². The summed E-state index contributed by atoms with van der Waals surface area (Å²) in [5.41, 5.74) is -1.34. The van der Waals surface area contributed by atoms with Crippen LogP contribution in [0.3, 0.4) is 0 Å². The van der Waals surface area contributed by atoms with E-state index in [1.165, 1.54) is 28.4 Å². The standard InChI is InChI=1S/C52H62F6O8/c1-47(2,3)27-17-31-39(59)33-19-28(48(4,5)6)21-35(42(33)62-14)45(65-25-51(53,54)55)37-23-30(50(10,11)12)24-38(44(37)64-16)46(66-26-52(56,57)58)36-22-29(49(7,8)9)20-34(43(36)63-15)40(60)32(18-27)41(31)61-13/h17-24,45-46H,25-26H2,1-16H3. The normalized spacial score (nSPS) is 16.3. The largest absolute Gasteiger partial charge is 0.496 e. The molecule has 360 valence electrons. The number of benzene rings is 4. The van der Waals surface area contributed by atoms with Crippen molar-refractivity contribution >= 4 is 11.6 Å². The molecule has 5 rings (SSSR count). The molecule has 0 heterocycles. The highest BCUT2D eigenvalue weighted by Gasteiger charge is 2.41. The second-order valence-electron chi connectivity index (χ2n) is 20.9. The Bertz CT molecular complexity index is 2340. The number of hydrogen-bond acceptors (Lipinski definition) is 8. The molecule has 0 saturated carbocycles. The minimum atomic E-state index is -4.88. The van der Waals surface area contributed by atoms with Crippen LogP contribution in [-0.2, 0) is 31.1 Å². The van der Waals surface area contributed by atoms with Gasteiger partial charge in [-0.1, -0.05) is 83.1 Å². The Morgan fingerprint density at radius 1 is 0.379 bits per heavy atom. The number of rotatable bonds is 8. The molecule has 0 aliphatic heterocycles. The Kier molecular flexibility index (Phi) is 14.3. The van der Waals surface area contributed by atoms with Crippen LogP contribution < -0.4 is 18.9 Å². The van der Waals surface area contributed by atoms with E-state index >= 15 is 9.59 Å². The average molecular weight is 929 g/mol. The number of halogens is 6. The molecule has 2 atom stereocenters. The van der Waals surface area contributed by atoms with Crippen LogP contribution in [0.25, 0.3) is 0 Å². The van der Waals surface area contributed by atoms with Crippen LogP contribution in [0.5, 0.6) is 23.0 Å². The average Bonchev–Trinajstić information content (AvgIpc) is 3.19. The van der Waals surface area contributed by atoms with Gasteiger partial charge in [0.1, 0.15) is 48.4 Å². The third kappa shape index (κ3) is 10.9. The molecule has 0 amide bonds. The summed E-state index contributed by atoms with van der Waals surface area (Å²) in [6.07, 6.45) is -13.2. The predicted octanol–water partition coefficient (Wildman–Crippen LogP) is 13.0. The molecule has 0 fully saturated rings. The molecular weight excluding hydrogens is 867 g/mol. The van der Waals surface area contributed by atoms with Crippen LogP contribution >= 0.6 is 0 Å². The minimum Gasteiger partial charge on any atom is -0.496 e. The van der Waals surface area contributed by atoms with Gasteiger partial charge in [0, 0.05) is 22.3 Å². The van der Waals surface area contributed by atoms with E-state index in [0.717, 1.165) is 0 Å². The number of hydrogen-bond donors (Lipinski definition) is 0. The summed E-state index contributed by atoms with van der Waals surface area (Å²) < 4.78 is 123. The summed E-state index contributed by atoms with van der Waals surface area (Å²) in [6.45, 7) is 18.7. The lowest BCUT2D eigenvalue weighted by Gasteiger charge is -2.33. The maximum absolute atomic E-state index is 15.5. The second kappa shape index (κ2) is 18.2. The van der Waals surface area contributed by atoms with Crippen LogP contribution in [0.1, 0.15) is 172 Å². The van der Waals surface area contributed by atoms with Crippen molar-refractivity contribution in [2.45, 2.75) is 129 Å². The first-order chi connectivity index (χ1) is 30.2. The SMILES string of the molecule is COc1c2cc(C(C)(C)C)cc1C(=O)c1cc(C(C)(C)C)cc(c1OC)C(OCC(F)(F)F)c1cc(C(C)(C)C)cc(c1OC)C(OCC(F)(F)F)c1cc(C(C)(C)C)cc(c1OC)C2=O. The van der Waals surface area contributed by atoms with Gasteiger partial charge in [0.05, 0.1) is 50.7 Å². The highest BCUT2D eigenvalue weighted by molar-refractivity contribution is 6.18. The van der Waals surface area contributed by atoms with Crippen molar-refractivity contribution in [3.05, 3.63) is 115 Å². The van der Waals surface area contributed by atoms with Gasteiger partial charge in [0.15, 0.2) is 0 Å². The summed E-state index contributed by atoms with van der Waals surface area (Å²) in [6, 6.07) is 12.8. The molecule has 0 spiro atoms. The van der Waals surface area contributed by atoms with Crippen molar-refractivity contribution in [2.24, 2.45) is 0 Å². The Labute approximate surface area is 384 Å². The molecule has 14 heteroatoms. The summed E-state index contributed by atoms with van der Waals surface area (Å²) in [7, 11) is 5.07. The van der Waals surface area contributed by atoms with E-state index in [9.17, 15) is 26.3 Å². The van der Waals surface area contributed by atoms with E-state index in [4.69, 9.17) is 28.4 Å². The summed E-state index contributed by atoms with van der Waals surface area (Å²) >= 11 is 0. The van der Waals surface area contributed by atoms with Crippen LogP contribution in [0.2, 0.25) is 0 Å². The van der Waals surface area contributed by atoms with Crippen molar-refractivity contribution in [2.75, 3.05) is 41.7 Å². The Morgan fingerprint density at radius 3 is 0.848 bits per heavy atom. The van der Waals surface area contributed by atoms with Crippen molar-refractivity contribution in [1.82, 2.24) is 0 Å². The monoisotopic (exact) mass is 928 g/mol. The summed E-state index contributed by atoms with van der Waals surface area (Å²) in [5.74, 6) is -1.96. The zero-order chi connectivity index (χ0) is 49.9. The van der Waals surface area contributed by atoms with E-state index in [-0.39, 0.29) is 67.5 Å². The molecule has 1 aliphatic carbocycles. The second-order valence-corrected chi connectivity index (χ2v) is 20.9. The van der Waals surface area contributed by atoms with Crippen LogP contribution in [0.4, 0.5) is 26.3 Å². The summed E-state index contributed by atoms with van der Waals surface area (Å²) in [4.78, 5) is 31.1. The fourth-order valence-corrected chi connectivity index (χ4v) is 8.04. The third-order valence-electron chi connectivity index (χ3n) is 11.7. The fraction of sp³-hybridized carbons (Fsp3) is 0.500. The van der Waals surface area contributed by atoms with Gasteiger partial charge in [-0.05, 0) is 92.4 Å². The molecule has 4 aromatic rings. The number of methoxy groups -OCH3 is 4. The lowest BCUT2D eigenvalue weighted by Crippen LogP contribution is -2.25. The van der Waals surface area contributed by atoms with Gasteiger partial charge in [-0.15, -0.1) is 0 Å². The molecule has 8 bridgehead atoms. The van der Waals surface area contributed by atoms with Gasteiger partial charge >= 0.3 is 12.4 Å². The summed E-state index contributed by atoms with van der Waals surface area (Å²) in [5, 5.41) is 0. The molecule has 1 aliphatic rings. The smallest absolute Gasteiger partial charge is 0.411 e. The highest BCUT2D eigenvalue weighted by Crippen LogP contribution is 2.51.